The van der Waals surface area contributed by atoms with Crippen LogP contribution in [0.25, 0.3) is 0 Å². The predicted octanol–water partition coefficient (Wildman–Crippen LogP) is 4.05. The van der Waals surface area contributed by atoms with Crippen LogP contribution in [0.5, 0.6) is 11.5 Å². The van der Waals surface area contributed by atoms with Gasteiger partial charge in [0.1, 0.15) is 11.5 Å². The molecule has 110 valence electrons. The molecular weight excluding hydrogens is 260 g/mol. The summed E-state index contributed by atoms with van der Waals surface area (Å²) in [6.45, 7) is 6.99. The zero-order valence-corrected chi connectivity index (χ0v) is 12.9. The Kier molecular flexibility index (Phi) is 3.93. The molecule has 1 N–H and O–H groups in total. The van der Waals surface area contributed by atoms with Crippen molar-refractivity contribution in [1.29, 1.82) is 0 Å². The fourth-order valence-corrected chi connectivity index (χ4v) is 2.36. The summed E-state index contributed by atoms with van der Waals surface area (Å²) in [6, 6.07) is 8.96. The number of hydrogen-bond acceptors (Lipinski definition) is 3. The van der Waals surface area contributed by atoms with Crippen LogP contribution in [-0.4, -0.2) is 11.0 Å². The number of nitrogens with zero attached hydrogens (tertiary/aromatic N) is 1. The van der Waals surface area contributed by atoms with E-state index in [9.17, 15) is 0 Å². The zero-order chi connectivity index (χ0) is 14.8. The van der Waals surface area contributed by atoms with E-state index in [1.54, 1.807) is 0 Å². The van der Waals surface area contributed by atoms with Crippen molar-refractivity contribution in [1.82, 2.24) is 10.3 Å². The molecule has 0 amide bonds. The molecule has 1 aliphatic rings. The van der Waals surface area contributed by atoms with E-state index < -0.39 is 0 Å². The number of rotatable bonds is 5. The Bertz CT molecular complexity index is 648. The molecule has 3 heteroatoms. The third-order valence-electron chi connectivity index (χ3n) is 3.79. The molecule has 0 bridgehead atoms. The third kappa shape index (κ3) is 3.61. The molecule has 21 heavy (non-hydrogen) atoms. The van der Waals surface area contributed by atoms with Gasteiger partial charge in [0.25, 0.3) is 0 Å². The number of hydrogen-bond donors (Lipinski definition) is 1. The molecular formula is C18H22N2O. The average Bonchev–Trinajstić information content (AvgIpc) is 3.25. The highest BCUT2D eigenvalue weighted by Gasteiger charge is 2.21. The molecule has 1 aliphatic carbocycles. The van der Waals surface area contributed by atoms with Gasteiger partial charge in [-0.25, -0.2) is 0 Å². The van der Waals surface area contributed by atoms with Crippen molar-refractivity contribution in [2.24, 2.45) is 0 Å². The minimum absolute atomic E-state index is 0.681. The van der Waals surface area contributed by atoms with Gasteiger partial charge < -0.3 is 10.1 Å². The van der Waals surface area contributed by atoms with Crippen LogP contribution >= 0.6 is 0 Å². The highest BCUT2D eigenvalue weighted by atomic mass is 16.5. The molecule has 2 aromatic rings. The molecule has 0 aliphatic heterocycles. The fraction of sp³-hybridized carbons (Fsp3) is 0.389. The van der Waals surface area contributed by atoms with Crippen LogP contribution in [0.2, 0.25) is 0 Å². The first-order valence-corrected chi connectivity index (χ1v) is 7.56. The minimum atomic E-state index is 0.681. The molecule has 0 atom stereocenters. The van der Waals surface area contributed by atoms with E-state index in [-0.39, 0.29) is 0 Å². The fourth-order valence-electron chi connectivity index (χ4n) is 2.36. The first-order chi connectivity index (χ1) is 10.1. The quantitative estimate of drug-likeness (QED) is 0.898. The summed E-state index contributed by atoms with van der Waals surface area (Å²) in [5.41, 5.74) is 4.50. The number of nitrogens with one attached hydrogen (secondary N) is 1. The van der Waals surface area contributed by atoms with Crippen LogP contribution in [-0.2, 0) is 6.54 Å². The Labute approximate surface area is 126 Å². The number of benzene rings is 1. The third-order valence-corrected chi connectivity index (χ3v) is 3.79. The van der Waals surface area contributed by atoms with E-state index in [0.29, 0.717) is 6.04 Å². The molecule has 0 radical (unpaired) electrons. The molecule has 1 heterocycles. The van der Waals surface area contributed by atoms with Crippen molar-refractivity contribution in [3.8, 4) is 11.5 Å². The Morgan fingerprint density at radius 3 is 2.67 bits per heavy atom. The summed E-state index contributed by atoms with van der Waals surface area (Å²) in [7, 11) is 0. The smallest absolute Gasteiger partial charge is 0.135 e. The van der Waals surface area contributed by atoms with Gasteiger partial charge in [-0.1, -0.05) is 17.7 Å². The molecule has 0 spiro atoms. The highest BCUT2D eigenvalue weighted by molar-refractivity contribution is 5.42. The predicted molar refractivity (Wildman–Crippen MR) is 84.8 cm³/mol. The SMILES string of the molecule is Cc1ccc(Oc2cc(C)ncc2CNC2CC2)c(C)c1. The van der Waals surface area contributed by atoms with E-state index in [2.05, 4.69) is 36.3 Å². The summed E-state index contributed by atoms with van der Waals surface area (Å²) >= 11 is 0. The second-order valence-corrected chi connectivity index (χ2v) is 5.96. The van der Waals surface area contributed by atoms with Gasteiger partial charge in [-0.2, -0.15) is 0 Å². The summed E-state index contributed by atoms with van der Waals surface area (Å²) in [6.07, 6.45) is 4.49. The maximum Gasteiger partial charge on any atom is 0.135 e. The molecule has 3 rings (SSSR count). The van der Waals surface area contributed by atoms with Crippen molar-refractivity contribution in [3.05, 3.63) is 52.8 Å². The normalized spacial score (nSPS) is 14.2. The van der Waals surface area contributed by atoms with Gasteiger partial charge in [0.15, 0.2) is 0 Å². The topological polar surface area (TPSA) is 34.1 Å². The molecule has 1 saturated carbocycles. The standard InChI is InChI=1S/C18H22N2O/c1-12-4-7-17(13(2)8-12)21-18-9-14(3)19-10-15(18)11-20-16-5-6-16/h4,7-10,16,20H,5-6,11H2,1-3H3. The highest BCUT2D eigenvalue weighted by Crippen LogP contribution is 2.29. The second-order valence-electron chi connectivity index (χ2n) is 5.96. The van der Waals surface area contributed by atoms with Gasteiger partial charge in [-0.15, -0.1) is 0 Å². The molecule has 1 aromatic carbocycles. The van der Waals surface area contributed by atoms with Crippen molar-refractivity contribution in [3.63, 3.8) is 0 Å². The first-order valence-electron chi connectivity index (χ1n) is 7.56. The van der Waals surface area contributed by atoms with Gasteiger partial charge >= 0.3 is 0 Å². The van der Waals surface area contributed by atoms with Gasteiger partial charge in [-0.3, -0.25) is 4.98 Å². The molecule has 0 saturated heterocycles. The van der Waals surface area contributed by atoms with Crippen LogP contribution in [0.15, 0.2) is 30.5 Å². The largest absolute Gasteiger partial charge is 0.457 e. The first kappa shape index (κ1) is 14.1. The van der Waals surface area contributed by atoms with Crippen LogP contribution in [0.3, 0.4) is 0 Å². The lowest BCUT2D eigenvalue weighted by Gasteiger charge is -2.14. The van der Waals surface area contributed by atoms with Gasteiger partial charge in [0.2, 0.25) is 0 Å². The number of ether oxygens (including phenoxy) is 1. The lowest BCUT2D eigenvalue weighted by Crippen LogP contribution is -2.16. The summed E-state index contributed by atoms with van der Waals surface area (Å²) < 4.78 is 6.15. The van der Waals surface area contributed by atoms with Crippen molar-refractivity contribution in [2.45, 2.75) is 46.2 Å². The number of pyridine rings is 1. The monoisotopic (exact) mass is 282 g/mol. The van der Waals surface area contributed by atoms with E-state index in [0.717, 1.165) is 34.9 Å². The molecule has 0 unspecified atom stereocenters. The number of aromatic nitrogens is 1. The van der Waals surface area contributed by atoms with Crippen molar-refractivity contribution in [2.75, 3.05) is 0 Å². The van der Waals surface area contributed by atoms with E-state index in [1.807, 2.05) is 25.3 Å². The van der Waals surface area contributed by atoms with E-state index in [4.69, 9.17) is 4.74 Å². The van der Waals surface area contributed by atoms with Gasteiger partial charge in [0.05, 0.1) is 0 Å². The zero-order valence-electron chi connectivity index (χ0n) is 12.9. The summed E-state index contributed by atoms with van der Waals surface area (Å²) in [5, 5.41) is 3.52. The minimum Gasteiger partial charge on any atom is -0.457 e. The summed E-state index contributed by atoms with van der Waals surface area (Å²) in [5.74, 6) is 1.82. The number of aryl methyl sites for hydroxylation is 3. The van der Waals surface area contributed by atoms with Crippen LogP contribution in [0.1, 0.15) is 35.2 Å². The molecule has 3 nitrogen and oxygen atoms in total. The Hall–Kier alpha value is -1.87. The average molecular weight is 282 g/mol. The van der Waals surface area contributed by atoms with E-state index >= 15 is 0 Å². The maximum atomic E-state index is 6.15. The Balaban J connectivity index is 1.83. The second kappa shape index (κ2) is 5.86. The molecule has 1 fully saturated rings. The Morgan fingerprint density at radius 1 is 1.14 bits per heavy atom. The summed E-state index contributed by atoms with van der Waals surface area (Å²) in [4.78, 5) is 4.40. The van der Waals surface area contributed by atoms with Crippen LogP contribution < -0.4 is 10.1 Å². The van der Waals surface area contributed by atoms with Gasteiger partial charge in [0, 0.05) is 36.1 Å². The van der Waals surface area contributed by atoms with Crippen molar-refractivity contribution < 1.29 is 4.74 Å². The van der Waals surface area contributed by atoms with Gasteiger partial charge in [-0.05, 0) is 45.2 Å². The maximum absolute atomic E-state index is 6.15. The molecule has 1 aromatic heterocycles. The Morgan fingerprint density at radius 2 is 1.95 bits per heavy atom. The lowest BCUT2D eigenvalue weighted by atomic mass is 10.1. The van der Waals surface area contributed by atoms with E-state index in [1.165, 1.54) is 18.4 Å². The van der Waals surface area contributed by atoms with Crippen molar-refractivity contribution >= 4 is 0 Å². The van der Waals surface area contributed by atoms with Crippen LogP contribution in [0.4, 0.5) is 0 Å². The van der Waals surface area contributed by atoms with Crippen LogP contribution in [0, 0.1) is 20.8 Å². The lowest BCUT2D eigenvalue weighted by molar-refractivity contribution is 0.467.